The number of aliphatic hydroxyl groups is 1. The number of piperidine rings is 1. The molecule has 0 spiro atoms. The van der Waals surface area contributed by atoms with Crippen LogP contribution >= 0.6 is 11.3 Å². The highest BCUT2D eigenvalue weighted by Crippen LogP contribution is 2.45. The molecular formula is C14H20N4O3S. The molecule has 2 fully saturated rings. The number of anilines is 1. The van der Waals surface area contributed by atoms with Crippen molar-refractivity contribution in [3.8, 4) is 0 Å². The predicted octanol–water partition coefficient (Wildman–Crippen LogP) is 1.02. The Hall–Kier alpha value is -1.54. The van der Waals surface area contributed by atoms with E-state index in [-0.39, 0.29) is 30.6 Å². The topological polar surface area (TPSA) is 95.4 Å². The zero-order valence-corrected chi connectivity index (χ0v) is 13.1. The first-order valence-electron chi connectivity index (χ1n) is 7.63. The molecule has 0 bridgehead atoms. The Kier molecular flexibility index (Phi) is 4.39. The zero-order chi connectivity index (χ0) is 15.6. The van der Waals surface area contributed by atoms with Crippen molar-refractivity contribution in [2.75, 3.05) is 18.4 Å². The Labute approximate surface area is 132 Å². The quantitative estimate of drug-likeness (QED) is 0.843. The maximum Gasteiger partial charge on any atom is 0.226 e. The van der Waals surface area contributed by atoms with E-state index >= 15 is 0 Å². The van der Waals surface area contributed by atoms with Gasteiger partial charge < -0.3 is 15.3 Å². The first-order chi connectivity index (χ1) is 10.6. The van der Waals surface area contributed by atoms with Gasteiger partial charge in [-0.1, -0.05) is 11.3 Å². The number of hydrogen-bond donors (Lipinski definition) is 2. The van der Waals surface area contributed by atoms with Gasteiger partial charge in [-0.25, -0.2) is 0 Å². The molecule has 2 aliphatic rings. The molecule has 2 heterocycles. The fourth-order valence-corrected chi connectivity index (χ4v) is 3.43. The lowest BCUT2D eigenvalue weighted by Gasteiger charge is -2.35. The molecule has 1 aromatic rings. The molecule has 2 amide bonds. The Morgan fingerprint density at radius 3 is 2.95 bits per heavy atom. The van der Waals surface area contributed by atoms with E-state index in [0.29, 0.717) is 11.7 Å². The Balaban J connectivity index is 1.44. The maximum absolute atomic E-state index is 12.2. The summed E-state index contributed by atoms with van der Waals surface area (Å²) in [4.78, 5) is 25.8. The van der Waals surface area contributed by atoms with Gasteiger partial charge in [-0.05, 0) is 25.7 Å². The van der Waals surface area contributed by atoms with Crippen LogP contribution < -0.4 is 5.32 Å². The number of carbonyl (C=O) groups is 2. The molecule has 2 N–H and O–H groups in total. The molecule has 1 unspecified atom stereocenters. The summed E-state index contributed by atoms with van der Waals surface area (Å²) in [7, 11) is 0. The van der Waals surface area contributed by atoms with Crippen LogP contribution in [0.1, 0.15) is 38.5 Å². The van der Waals surface area contributed by atoms with Gasteiger partial charge in [-0.15, -0.1) is 10.2 Å². The molecule has 7 nitrogen and oxygen atoms in total. The van der Waals surface area contributed by atoms with Gasteiger partial charge in [0.25, 0.3) is 0 Å². The molecule has 1 saturated carbocycles. The van der Waals surface area contributed by atoms with Crippen LogP contribution in [0.15, 0.2) is 5.51 Å². The van der Waals surface area contributed by atoms with E-state index in [1.165, 1.54) is 16.8 Å². The Morgan fingerprint density at radius 1 is 1.45 bits per heavy atom. The summed E-state index contributed by atoms with van der Waals surface area (Å²) in [5.41, 5.74) is 1.01. The fourth-order valence-electron chi connectivity index (χ4n) is 2.97. The smallest absolute Gasteiger partial charge is 0.226 e. The van der Waals surface area contributed by atoms with Gasteiger partial charge in [-0.3, -0.25) is 9.59 Å². The minimum atomic E-state index is -0.534. The molecule has 3 rings (SSSR count). The Bertz CT molecular complexity index is 544. The summed E-state index contributed by atoms with van der Waals surface area (Å²) in [6.07, 6.45) is 3.95. The van der Waals surface area contributed by atoms with Crippen LogP contribution in [0.25, 0.3) is 0 Å². The fraction of sp³-hybridized carbons (Fsp3) is 0.714. The van der Waals surface area contributed by atoms with Crippen LogP contribution in [-0.4, -0.2) is 50.7 Å². The van der Waals surface area contributed by atoms with Crippen LogP contribution in [0.4, 0.5) is 5.13 Å². The minimum absolute atomic E-state index is 0.0126. The normalized spacial score (nSPS) is 23.1. The molecule has 1 aromatic heterocycles. The number of nitrogens with one attached hydrogen (secondary N) is 1. The van der Waals surface area contributed by atoms with Crippen LogP contribution in [0, 0.1) is 5.92 Å². The largest absolute Gasteiger partial charge is 0.390 e. The highest BCUT2D eigenvalue weighted by molar-refractivity contribution is 7.13. The molecule has 1 atom stereocenters. The van der Waals surface area contributed by atoms with Gasteiger partial charge in [-0.2, -0.15) is 0 Å². The summed E-state index contributed by atoms with van der Waals surface area (Å²) < 4.78 is 0. The van der Waals surface area contributed by atoms with Crippen molar-refractivity contribution in [1.29, 1.82) is 0 Å². The number of likely N-dealkylation sites (tertiary alicyclic amines) is 1. The molecule has 1 aliphatic heterocycles. The van der Waals surface area contributed by atoms with Gasteiger partial charge >= 0.3 is 0 Å². The zero-order valence-electron chi connectivity index (χ0n) is 12.3. The summed E-state index contributed by atoms with van der Waals surface area (Å²) in [6.45, 7) is 1.34. The first-order valence-corrected chi connectivity index (χ1v) is 8.51. The van der Waals surface area contributed by atoms with Crippen molar-refractivity contribution in [2.45, 2.75) is 44.1 Å². The highest BCUT2D eigenvalue weighted by atomic mass is 32.1. The molecule has 22 heavy (non-hydrogen) atoms. The second kappa shape index (κ2) is 6.29. The van der Waals surface area contributed by atoms with Crippen LogP contribution in [0.3, 0.4) is 0 Å². The molecular weight excluding hydrogens is 304 g/mol. The number of rotatable bonds is 5. The van der Waals surface area contributed by atoms with Crippen molar-refractivity contribution < 1.29 is 14.7 Å². The molecule has 1 saturated heterocycles. The van der Waals surface area contributed by atoms with Gasteiger partial charge in [0.05, 0.1) is 5.60 Å². The van der Waals surface area contributed by atoms with Gasteiger partial charge in [0, 0.05) is 31.8 Å². The second-order valence-electron chi connectivity index (χ2n) is 6.07. The molecule has 1 aliphatic carbocycles. The summed E-state index contributed by atoms with van der Waals surface area (Å²) >= 11 is 1.25. The van der Waals surface area contributed by atoms with Crippen molar-refractivity contribution in [2.24, 2.45) is 5.92 Å². The van der Waals surface area contributed by atoms with E-state index in [4.69, 9.17) is 0 Å². The van der Waals surface area contributed by atoms with Gasteiger partial charge in [0.2, 0.25) is 16.9 Å². The maximum atomic E-state index is 12.2. The van der Waals surface area contributed by atoms with E-state index in [2.05, 4.69) is 15.5 Å². The minimum Gasteiger partial charge on any atom is -0.390 e. The average molecular weight is 324 g/mol. The highest BCUT2D eigenvalue weighted by Gasteiger charge is 2.48. The first kappa shape index (κ1) is 15.4. The van der Waals surface area contributed by atoms with E-state index in [9.17, 15) is 14.7 Å². The number of amides is 2. The standard InChI is InChI=1S/C14H20N4O3S/c19-11(16-13-17-15-9-22-13)3-4-12(20)18-7-1-2-10(8-18)14(21)5-6-14/h9-10,21H,1-8H2,(H,16,17,19). The third kappa shape index (κ3) is 3.61. The van der Waals surface area contributed by atoms with Crippen LogP contribution in [0.5, 0.6) is 0 Å². The third-order valence-corrected chi connectivity index (χ3v) is 5.08. The van der Waals surface area contributed by atoms with Crippen LogP contribution in [-0.2, 0) is 9.59 Å². The average Bonchev–Trinajstić information content (AvgIpc) is 3.07. The van der Waals surface area contributed by atoms with E-state index < -0.39 is 5.60 Å². The van der Waals surface area contributed by atoms with E-state index in [0.717, 1.165) is 32.2 Å². The van der Waals surface area contributed by atoms with Gasteiger partial charge in [0.15, 0.2) is 0 Å². The van der Waals surface area contributed by atoms with Crippen LogP contribution in [0.2, 0.25) is 0 Å². The summed E-state index contributed by atoms with van der Waals surface area (Å²) in [6, 6.07) is 0. The molecule has 0 radical (unpaired) electrons. The molecule has 120 valence electrons. The van der Waals surface area contributed by atoms with Gasteiger partial charge in [0.1, 0.15) is 5.51 Å². The number of nitrogens with zero attached hydrogens (tertiary/aromatic N) is 3. The lowest BCUT2D eigenvalue weighted by Crippen LogP contribution is -2.44. The second-order valence-corrected chi connectivity index (χ2v) is 6.91. The Morgan fingerprint density at radius 2 is 2.27 bits per heavy atom. The summed E-state index contributed by atoms with van der Waals surface area (Å²) in [5.74, 6) is -0.0405. The van der Waals surface area contributed by atoms with E-state index in [1.807, 2.05) is 0 Å². The lowest BCUT2D eigenvalue weighted by atomic mass is 9.90. The third-order valence-electron chi connectivity index (χ3n) is 4.47. The predicted molar refractivity (Wildman–Crippen MR) is 81.3 cm³/mol. The number of carbonyl (C=O) groups excluding carboxylic acids is 2. The van der Waals surface area contributed by atoms with E-state index in [1.54, 1.807) is 4.90 Å². The monoisotopic (exact) mass is 324 g/mol. The van der Waals surface area contributed by atoms with Crippen molar-refractivity contribution in [3.05, 3.63) is 5.51 Å². The number of aromatic nitrogens is 2. The molecule has 0 aromatic carbocycles. The summed E-state index contributed by atoms with van der Waals surface area (Å²) in [5, 5.41) is 20.6. The molecule has 8 heteroatoms. The van der Waals surface area contributed by atoms with Crippen molar-refractivity contribution in [1.82, 2.24) is 15.1 Å². The SMILES string of the molecule is O=C(CCC(=O)N1CCCC(C2(O)CC2)C1)Nc1nncs1. The number of hydrogen-bond acceptors (Lipinski definition) is 6. The lowest BCUT2D eigenvalue weighted by molar-refractivity contribution is -0.135. The van der Waals surface area contributed by atoms with Crippen molar-refractivity contribution >= 4 is 28.3 Å². The van der Waals surface area contributed by atoms with Crippen molar-refractivity contribution in [3.63, 3.8) is 0 Å².